The molecule has 0 unspecified atom stereocenters. The van der Waals surface area contributed by atoms with Gasteiger partial charge in [0.2, 0.25) is 0 Å². The molecule has 1 amide bonds. The van der Waals surface area contributed by atoms with Crippen LogP contribution < -0.4 is 10.1 Å². The van der Waals surface area contributed by atoms with Gasteiger partial charge in [0, 0.05) is 8.59 Å². The number of aliphatic imine (C=N–C) groups is 1. The summed E-state index contributed by atoms with van der Waals surface area (Å²) in [6, 6.07) is 21.4. The molecular formula is C24H18ClIN2O2S. The summed E-state index contributed by atoms with van der Waals surface area (Å²) in [5.41, 5.74) is 3.66. The van der Waals surface area contributed by atoms with Gasteiger partial charge in [0.15, 0.2) is 5.17 Å². The van der Waals surface area contributed by atoms with Crippen molar-refractivity contribution in [1.82, 2.24) is 5.32 Å². The lowest BCUT2D eigenvalue weighted by atomic mass is 10.2. The number of hydrogen-bond acceptors (Lipinski definition) is 4. The molecule has 0 bridgehead atoms. The Morgan fingerprint density at radius 3 is 2.58 bits per heavy atom. The number of amidine groups is 1. The van der Waals surface area contributed by atoms with E-state index in [0.717, 1.165) is 28.1 Å². The number of carbonyl (C=O) groups excluding carboxylic acids is 1. The standard InChI is InChI=1S/C24H18ClIN2O2S/c1-15-20(25)3-2-4-21(15)27-24-28-23(29)22(31-24)13-16-7-11-19(12-8-16)30-14-17-5-9-18(26)10-6-17/h2-13H,14H2,1H3,(H,27,28,29)/b22-13-. The van der Waals surface area contributed by atoms with Crippen LogP contribution in [0.1, 0.15) is 16.7 Å². The number of ether oxygens (including phenoxy) is 1. The maximum absolute atomic E-state index is 12.3. The predicted octanol–water partition coefficient (Wildman–Crippen LogP) is 6.72. The van der Waals surface area contributed by atoms with Gasteiger partial charge in [-0.15, -0.1) is 0 Å². The number of hydrogen-bond donors (Lipinski definition) is 1. The van der Waals surface area contributed by atoms with Crippen molar-refractivity contribution in [3.8, 4) is 5.75 Å². The van der Waals surface area contributed by atoms with Gasteiger partial charge in [-0.1, -0.05) is 41.9 Å². The Balaban J connectivity index is 1.42. The number of nitrogens with one attached hydrogen (secondary N) is 1. The number of nitrogens with zero attached hydrogens (tertiary/aromatic N) is 1. The summed E-state index contributed by atoms with van der Waals surface area (Å²) in [7, 11) is 0. The largest absolute Gasteiger partial charge is 0.489 e. The number of rotatable bonds is 5. The minimum absolute atomic E-state index is 0.164. The zero-order chi connectivity index (χ0) is 21.8. The second kappa shape index (κ2) is 9.89. The molecular weight excluding hydrogens is 543 g/mol. The monoisotopic (exact) mass is 560 g/mol. The van der Waals surface area contributed by atoms with Crippen LogP contribution in [0.25, 0.3) is 6.08 Å². The van der Waals surface area contributed by atoms with E-state index in [0.29, 0.717) is 21.7 Å². The fraction of sp³-hybridized carbons (Fsp3) is 0.0833. The molecule has 1 aliphatic rings. The molecule has 1 fully saturated rings. The average molecular weight is 561 g/mol. The number of carbonyl (C=O) groups is 1. The van der Waals surface area contributed by atoms with E-state index in [-0.39, 0.29) is 5.91 Å². The minimum Gasteiger partial charge on any atom is -0.489 e. The van der Waals surface area contributed by atoms with Gasteiger partial charge >= 0.3 is 0 Å². The normalized spacial score (nSPS) is 16.0. The summed E-state index contributed by atoms with van der Waals surface area (Å²) in [5.74, 6) is 0.616. The predicted molar refractivity (Wildman–Crippen MR) is 137 cm³/mol. The third-order valence-electron chi connectivity index (χ3n) is 4.61. The van der Waals surface area contributed by atoms with Crippen LogP contribution in [0.2, 0.25) is 5.02 Å². The molecule has 0 aromatic heterocycles. The molecule has 3 aromatic rings. The van der Waals surface area contributed by atoms with Crippen molar-refractivity contribution in [2.75, 3.05) is 0 Å². The van der Waals surface area contributed by atoms with Gasteiger partial charge in [-0.25, -0.2) is 4.99 Å². The molecule has 0 atom stereocenters. The number of halogens is 2. The van der Waals surface area contributed by atoms with Crippen LogP contribution >= 0.6 is 46.0 Å². The van der Waals surface area contributed by atoms with Crippen LogP contribution in [0.3, 0.4) is 0 Å². The van der Waals surface area contributed by atoms with E-state index in [1.807, 2.05) is 55.5 Å². The minimum atomic E-state index is -0.164. The molecule has 156 valence electrons. The highest BCUT2D eigenvalue weighted by atomic mass is 127. The van der Waals surface area contributed by atoms with Crippen molar-refractivity contribution >= 4 is 68.8 Å². The first-order valence-corrected chi connectivity index (χ1v) is 11.8. The zero-order valence-electron chi connectivity index (χ0n) is 16.6. The fourth-order valence-electron chi connectivity index (χ4n) is 2.87. The Kier molecular flexibility index (Phi) is 6.99. The van der Waals surface area contributed by atoms with Gasteiger partial charge < -0.3 is 10.1 Å². The molecule has 1 aliphatic heterocycles. The van der Waals surface area contributed by atoms with Gasteiger partial charge in [0.25, 0.3) is 5.91 Å². The maximum atomic E-state index is 12.3. The Morgan fingerprint density at radius 2 is 1.84 bits per heavy atom. The summed E-state index contributed by atoms with van der Waals surface area (Å²) >= 11 is 9.75. The molecule has 1 saturated heterocycles. The van der Waals surface area contributed by atoms with E-state index < -0.39 is 0 Å². The molecule has 4 rings (SSSR count). The Hall–Kier alpha value is -2.29. The van der Waals surface area contributed by atoms with Gasteiger partial charge in [-0.3, -0.25) is 4.79 Å². The average Bonchev–Trinajstić information content (AvgIpc) is 3.10. The third kappa shape index (κ3) is 5.70. The third-order valence-corrected chi connectivity index (χ3v) is 6.65. The molecule has 0 aliphatic carbocycles. The maximum Gasteiger partial charge on any atom is 0.264 e. The van der Waals surface area contributed by atoms with Crippen molar-refractivity contribution in [3.63, 3.8) is 0 Å². The Labute approximate surface area is 203 Å². The summed E-state index contributed by atoms with van der Waals surface area (Å²) in [4.78, 5) is 17.5. The SMILES string of the molecule is Cc1c(Cl)cccc1N=C1NC(=O)/C(=C/c2ccc(OCc3ccc(I)cc3)cc2)S1. The van der Waals surface area contributed by atoms with E-state index >= 15 is 0 Å². The zero-order valence-corrected chi connectivity index (χ0v) is 20.3. The molecule has 1 N–H and O–H groups in total. The van der Waals surface area contributed by atoms with E-state index in [1.54, 1.807) is 0 Å². The highest BCUT2D eigenvalue weighted by Crippen LogP contribution is 2.31. The molecule has 0 spiro atoms. The first kappa shape index (κ1) is 21.9. The van der Waals surface area contributed by atoms with E-state index in [1.165, 1.54) is 15.3 Å². The van der Waals surface area contributed by atoms with Crippen LogP contribution in [0, 0.1) is 10.5 Å². The fourth-order valence-corrected chi connectivity index (χ4v) is 4.23. The highest BCUT2D eigenvalue weighted by molar-refractivity contribution is 14.1. The number of amides is 1. The van der Waals surface area contributed by atoms with Gasteiger partial charge in [0.05, 0.1) is 10.6 Å². The summed E-state index contributed by atoms with van der Waals surface area (Å²) < 4.78 is 7.04. The van der Waals surface area contributed by atoms with E-state index in [9.17, 15) is 4.79 Å². The summed E-state index contributed by atoms with van der Waals surface area (Å²) in [6.45, 7) is 2.42. The molecule has 31 heavy (non-hydrogen) atoms. The van der Waals surface area contributed by atoms with Crippen molar-refractivity contribution in [1.29, 1.82) is 0 Å². The Bertz CT molecular complexity index is 1180. The van der Waals surface area contributed by atoms with Crippen LogP contribution in [0.4, 0.5) is 5.69 Å². The van der Waals surface area contributed by atoms with Crippen molar-refractivity contribution in [3.05, 3.63) is 96.9 Å². The molecule has 4 nitrogen and oxygen atoms in total. The molecule has 0 saturated carbocycles. The van der Waals surface area contributed by atoms with Crippen molar-refractivity contribution in [2.24, 2.45) is 4.99 Å². The van der Waals surface area contributed by atoms with Crippen LogP contribution in [0.15, 0.2) is 76.6 Å². The first-order valence-electron chi connectivity index (χ1n) is 9.50. The van der Waals surface area contributed by atoms with Crippen molar-refractivity contribution in [2.45, 2.75) is 13.5 Å². The van der Waals surface area contributed by atoms with Crippen LogP contribution in [-0.4, -0.2) is 11.1 Å². The smallest absolute Gasteiger partial charge is 0.264 e. The quantitative estimate of drug-likeness (QED) is 0.278. The highest BCUT2D eigenvalue weighted by Gasteiger charge is 2.24. The summed E-state index contributed by atoms with van der Waals surface area (Å²) in [5, 5.41) is 4.00. The molecule has 1 heterocycles. The Morgan fingerprint density at radius 1 is 1.10 bits per heavy atom. The molecule has 0 radical (unpaired) electrons. The lowest BCUT2D eigenvalue weighted by Gasteiger charge is -2.07. The van der Waals surface area contributed by atoms with E-state index in [2.05, 4.69) is 57.2 Å². The van der Waals surface area contributed by atoms with Gasteiger partial charge in [-0.05, 0) is 100 Å². The lowest BCUT2D eigenvalue weighted by molar-refractivity contribution is -0.115. The van der Waals surface area contributed by atoms with E-state index in [4.69, 9.17) is 16.3 Å². The van der Waals surface area contributed by atoms with Crippen molar-refractivity contribution < 1.29 is 9.53 Å². The van der Waals surface area contributed by atoms with Gasteiger partial charge in [0.1, 0.15) is 12.4 Å². The molecule has 3 aromatic carbocycles. The summed E-state index contributed by atoms with van der Waals surface area (Å²) in [6.07, 6.45) is 1.84. The van der Waals surface area contributed by atoms with Crippen LogP contribution in [0.5, 0.6) is 5.75 Å². The lowest BCUT2D eigenvalue weighted by Crippen LogP contribution is -2.19. The first-order chi connectivity index (χ1) is 15.0. The number of benzene rings is 3. The van der Waals surface area contributed by atoms with Gasteiger partial charge in [-0.2, -0.15) is 0 Å². The van der Waals surface area contributed by atoms with Crippen LogP contribution in [-0.2, 0) is 11.4 Å². The topological polar surface area (TPSA) is 50.7 Å². The number of thioether (sulfide) groups is 1. The molecule has 7 heteroatoms. The second-order valence-corrected chi connectivity index (χ2v) is 9.53. The second-order valence-electron chi connectivity index (χ2n) is 6.85.